The van der Waals surface area contributed by atoms with Gasteiger partial charge < -0.3 is 9.47 Å². The van der Waals surface area contributed by atoms with Gasteiger partial charge in [-0.1, -0.05) is 30.3 Å². The first-order chi connectivity index (χ1) is 11.2. The molecule has 0 unspecified atom stereocenters. The van der Waals surface area contributed by atoms with Gasteiger partial charge in [0, 0.05) is 19.6 Å². The molecule has 1 aliphatic rings. The van der Waals surface area contributed by atoms with Crippen LogP contribution in [0.15, 0.2) is 54.6 Å². The molecule has 4 heteroatoms. The van der Waals surface area contributed by atoms with E-state index in [1.165, 1.54) is 12.7 Å². The van der Waals surface area contributed by atoms with E-state index in [0.29, 0.717) is 5.56 Å². The second-order valence-electron chi connectivity index (χ2n) is 5.77. The van der Waals surface area contributed by atoms with Crippen molar-refractivity contribution in [1.82, 2.24) is 4.90 Å². The molecule has 1 saturated heterocycles. The summed E-state index contributed by atoms with van der Waals surface area (Å²) in [5.41, 5.74) is 1.87. The van der Waals surface area contributed by atoms with Gasteiger partial charge in [-0.3, -0.25) is 4.90 Å². The van der Waals surface area contributed by atoms with Gasteiger partial charge in [-0.15, -0.1) is 0 Å². The molecule has 1 aliphatic heterocycles. The van der Waals surface area contributed by atoms with Crippen molar-refractivity contribution in [2.45, 2.75) is 19.1 Å². The van der Waals surface area contributed by atoms with E-state index < -0.39 is 0 Å². The van der Waals surface area contributed by atoms with Crippen LogP contribution in [0.5, 0.6) is 5.75 Å². The van der Waals surface area contributed by atoms with Gasteiger partial charge in [-0.05, 0) is 36.2 Å². The van der Waals surface area contributed by atoms with Crippen molar-refractivity contribution >= 4 is 5.97 Å². The number of rotatable bonds is 5. The van der Waals surface area contributed by atoms with Gasteiger partial charge in [0.2, 0.25) is 0 Å². The Labute approximate surface area is 136 Å². The molecule has 1 heterocycles. The van der Waals surface area contributed by atoms with E-state index in [1.807, 2.05) is 18.2 Å². The minimum Gasteiger partial charge on any atom is -0.489 e. The number of carbonyl (C=O) groups excluding carboxylic acids is 1. The second kappa shape index (κ2) is 7.29. The smallest absolute Gasteiger partial charge is 0.337 e. The van der Waals surface area contributed by atoms with Gasteiger partial charge in [-0.2, -0.15) is 0 Å². The maximum atomic E-state index is 11.4. The van der Waals surface area contributed by atoms with E-state index >= 15 is 0 Å². The van der Waals surface area contributed by atoms with Crippen LogP contribution >= 0.6 is 0 Å². The van der Waals surface area contributed by atoms with E-state index in [1.54, 1.807) is 12.1 Å². The molecule has 0 bridgehead atoms. The Balaban J connectivity index is 1.52. The number of esters is 1. The zero-order valence-corrected chi connectivity index (χ0v) is 13.3. The standard InChI is InChI=1S/C19H21NO3/c1-22-19(21)16-7-9-17(10-8-16)23-18-11-12-20(14-18)13-15-5-3-2-4-6-15/h2-10,18H,11-14H2,1H3/t18-/m0/s1. The zero-order chi connectivity index (χ0) is 16.1. The summed E-state index contributed by atoms with van der Waals surface area (Å²) >= 11 is 0. The van der Waals surface area contributed by atoms with Crippen LogP contribution in [0.4, 0.5) is 0 Å². The number of hydrogen-bond donors (Lipinski definition) is 0. The van der Waals surface area contributed by atoms with Crippen LogP contribution in [0.2, 0.25) is 0 Å². The van der Waals surface area contributed by atoms with Gasteiger partial charge in [0.05, 0.1) is 12.7 Å². The second-order valence-corrected chi connectivity index (χ2v) is 5.77. The Morgan fingerprint density at radius 3 is 2.57 bits per heavy atom. The number of ether oxygens (including phenoxy) is 2. The number of likely N-dealkylation sites (tertiary alicyclic amines) is 1. The highest BCUT2D eigenvalue weighted by Crippen LogP contribution is 2.20. The Kier molecular flexibility index (Phi) is 4.93. The van der Waals surface area contributed by atoms with E-state index in [0.717, 1.165) is 31.8 Å². The molecule has 0 radical (unpaired) electrons. The highest BCUT2D eigenvalue weighted by atomic mass is 16.5. The highest BCUT2D eigenvalue weighted by molar-refractivity contribution is 5.89. The molecule has 3 rings (SSSR count). The molecule has 4 nitrogen and oxygen atoms in total. The minimum atomic E-state index is -0.327. The fourth-order valence-corrected chi connectivity index (χ4v) is 2.86. The number of methoxy groups -OCH3 is 1. The quantitative estimate of drug-likeness (QED) is 0.795. The van der Waals surface area contributed by atoms with Gasteiger partial charge in [0.25, 0.3) is 0 Å². The normalized spacial score (nSPS) is 17.9. The van der Waals surface area contributed by atoms with Crippen LogP contribution in [0, 0.1) is 0 Å². The van der Waals surface area contributed by atoms with Crippen LogP contribution in [0.1, 0.15) is 22.3 Å². The maximum Gasteiger partial charge on any atom is 0.337 e. The summed E-state index contributed by atoms with van der Waals surface area (Å²) in [5, 5.41) is 0. The van der Waals surface area contributed by atoms with Gasteiger partial charge >= 0.3 is 5.97 Å². The fraction of sp³-hybridized carbons (Fsp3) is 0.316. The van der Waals surface area contributed by atoms with Crippen LogP contribution in [0.25, 0.3) is 0 Å². The SMILES string of the molecule is COC(=O)c1ccc(O[C@H]2CCN(Cc3ccccc3)C2)cc1. The lowest BCUT2D eigenvalue weighted by Crippen LogP contribution is -2.24. The molecule has 0 amide bonds. The Bertz CT molecular complexity index is 639. The molecular weight excluding hydrogens is 290 g/mol. The monoisotopic (exact) mass is 311 g/mol. The summed E-state index contributed by atoms with van der Waals surface area (Å²) in [6, 6.07) is 17.6. The van der Waals surface area contributed by atoms with Crippen molar-refractivity contribution in [2.75, 3.05) is 20.2 Å². The average molecular weight is 311 g/mol. The zero-order valence-electron chi connectivity index (χ0n) is 13.3. The number of carbonyl (C=O) groups is 1. The number of nitrogens with zero attached hydrogens (tertiary/aromatic N) is 1. The molecule has 0 N–H and O–H groups in total. The molecule has 2 aromatic carbocycles. The Morgan fingerprint density at radius 2 is 1.87 bits per heavy atom. The Hall–Kier alpha value is -2.33. The molecule has 0 saturated carbocycles. The minimum absolute atomic E-state index is 0.197. The molecule has 0 aliphatic carbocycles. The first-order valence-electron chi connectivity index (χ1n) is 7.86. The van der Waals surface area contributed by atoms with E-state index in [4.69, 9.17) is 9.47 Å². The summed E-state index contributed by atoms with van der Waals surface area (Å²) < 4.78 is 10.7. The lowest BCUT2D eigenvalue weighted by molar-refractivity contribution is 0.0600. The third-order valence-corrected chi connectivity index (χ3v) is 4.06. The largest absolute Gasteiger partial charge is 0.489 e. The molecule has 1 atom stereocenters. The first kappa shape index (κ1) is 15.6. The molecule has 0 aromatic heterocycles. The fourth-order valence-electron chi connectivity index (χ4n) is 2.86. The van der Waals surface area contributed by atoms with E-state index in [-0.39, 0.29) is 12.1 Å². The lowest BCUT2D eigenvalue weighted by Gasteiger charge is -2.17. The van der Waals surface area contributed by atoms with Crippen LogP contribution in [-0.2, 0) is 11.3 Å². The molecule has 0 spiro atoms. The van der Waals surface area contributed by atoms with E-state index in [2.05, 4.69) is 29.2 Å². The summed E-state index contributed by atoms with van der Waals surface area (Å²) in [6.07, 6.45) is 1.22. The highest BCUT2D eigenvalue weighted by Gasteiger charge is 2.23. The number of benzene rings is 2. The predicted octanol–water partition coefficient (Wildman–Crippen LogP) is 3.13. The molecule has 120 valence electrons. The average Bonchev–Trinajstić information content (AvgIpc) is 3.02. The summed E-state index contributed by atoms with van der Waals surface area (Å²) in [4.78, 5) is 13.8. The predicted molar refractivity (Wildman–Crippen MR) is 88.5 cm³/mol. The summed E-state index contributed by atoms with van der Waals surface area (Å²) in [6.45, 7) is 2.93. The van der Waals surface area contributed by atoms with E-state index in [9.17, 15) is 4.79 Å². The number of hydrogen-bond acceptors (Lipinski definition) is 4. The lowest BCUT2D eigenvalue weighted by atomic mass is 10.2. The topological polar surface area (TPSA) is 38.8 Å². The first-order valence-corrected chi connectivity index (χ1v) is 7.86. The molecule has 2 aromatic rings. The van der Waals surface area contributed by atoms with Gasteiger partial charge in [0.1, 0.15) is 11.9 Å². The van der Waals surface area contributed by atoms with Crippen molar-refractivity contribution in [3.63, 3.8) is 0 Å². The van der Waals surface area contributed by atoms with Gasteiger partial charge in [0.15, 0.2) is 0 Å². The molecule has 23 heavy (non-hydrogen) atoms. The molecular formula is C19H21NO3. The third kappa shape index (κ3) is 4.11. The maximum absolute atomic E-state index is 11.4. The third-order valence-electron chi connectivity index (χ3n) is 4.06. The summed E-state index contributed by atoms with van der Waals surface area (Å²) in [7, 11) is 1.38. The Morgan fingerprint density at radius 1 is 1.13 bits per heavy atom. The van der Waals surface area contributed by atoms with Crippen LogP contribution < -0.4 is 4.74 Å². The van der Waals surface area contributed by atoms with Crippen molar-refractivity contribution in [2.24, 2.45) is 0 Å². The van der Waals surface area contributed by atoms with Crippen LogP contribution in [-0.4, -0.2) is 37.2 Å². The van der Waals surface area contributed by atoms with Crippen LogP contribution in [0.3, 0.4) is 0 Å². The molecule has 1 fully saturated rings. The van der Waals surface area contributed by atoms with Crippen molar-refractivity contribution in [3.05, 3.63) is 65.7 Å². The summed E-state index contributed by atoms with van der Waals surface area (Å²) in [5.74, 6) is 0.468. The van der Waals surface area contributed by atoms with Crippen molar-refractivity contribution < 1.29 is 14.3 Å². The van der Waals surface area contributed by atoms with Crippen molar-refractivity contribution in [1.29, 1.82) is 0 Å². The van der Waals surface area contributed by atoms with Crippen molar-refractivity contribution in [3.8, 4) is 5.75 Å². The van der Waals surface area contributed by atoms with Gasteiger partial charge in [-0.25, -0.2) is 4.79 Å².